The molecule has 0 saturated heterocycles. The van der Waals surface area contributed by atoms with Gasteiger partial charge in [-0.15, -0.1) is 0 Å². The highest BCUT2D eigenvalue weighted by Gasteiger charge is 2.14. The molecule has 3 rings (SSSR count). The van der Waals surface area contributed by atoms with Gasteiger partial charge in [0.2, 0.25) is 0 Å². The lowest BCUT2D eigenvalue weighted by Gasteiger charge is -2.17. The second-order valence-corrected chi connectivity index (χ2v) is 5.64. The predicted molar refractivity (Wildman–Crippen MR) is 95.9 cm³/mol. The van der Waals surface area contributed by atoms with Crippen LogP contribution < -0.4 is 10.5 Å². The Morgan fingerprint density at radius 1 is 0.696 bits per heavy atom. The number of methoxy groups -OCH3 is 1. The number of ether oxygens (including phenoxy) is 1. The molecule has 3 aromatic carbocycles. The Labute approximate surface area is 137 Å². The lowest BCUT2D eigenvalue weighted by atomic mass is 9.93. The van der Waals surface area contributed by atoms with E-state index in [0.717, 1.165) is 29.8 Å². The van der Waals surface area contributed by atoms with Crippen LogP contribution >= 0.6 is 0 Å². The smallest absolute Gasteiger partial charge is 0.122 e. The van der Waals surface area contributed by atoms with E-state index < -0.39 is 0 Å². The largest absolute Gasteiger partial charge is 0.496 e. The van der Waals surface area contributed by atoms with Crippen molar-refractivity contribution in [3.63, 3.8) is 0 Å². The molecule has 0 unspecified atom stereocenters. The minimum atomic E-state index is 0.812. The number of hydrogen-bond acceptors (Lipinski definition) is 2. The maximum atomic E-state index is 6.29. The Morgan fingerprint density at radius 2 is 1.22 bits per heavy atom. The lowest BCUT2D eigenvalue weighted by Crippen LogP contribution is -2.05. The monoisotopic (exact) mass is 303 g/mol. The highest BCUT2D eigenvalue weighted by atomic mass is 16.5. The first kappa shape index (κ1) is 15.2. The van der Waals surface area contributed by atoms with Crippen molar-refractivity contribution in [3.8, 4) is 5.75 Å². The van der Waals surface area contributed by atoms with E-state index in [0.29, 0.717) is 0 Å². The Kier molecular flexibility index (Phi) is 4.62. The number of benzene rings is 3. The molecule has 0 atom stereocenters. The predicted octanol–water partition coefficient (Wildman–Crippen LogP) is 4.46. The molecular formula is C21H21NO. The highest BCUT2D eigenvalue weighted by molar-refractivity contribution is 5.59. The molecule has 0 amide bonds. The zero-order valence-corrected chi connectivity index (χ0v) is 13.3. The number of hydrogen-bond donors (Lipinski definition) is 1. The van der Waals surface area contributed by atoms with E-state index in [1.54, 1.807) is 7.11 Å². The fraction of sp³-hybridized carbons (Fsp3) is 0.143. The van der Waals surface area contributed by atoms with Gasteiger partial charge in [0.15, 0.2) is 0 Å². The maximum Gasteiger partial charge on any atom is 0.122 e. The lowest BCUT2D eigenvalue weighted by molar-refractivity contribution is 0.410. The summed E-state index contributed by atoms with van der Waals surface area (Å²) >= 11 is 0. The van der Waals surface area contributed by atoms with Crippen LogP contribution in [-0.2, 0) is 12.8 Å². The van der Waals surface area contributed by atoms with E-state index in [-0.39, 0.29) is 0 Å². The van der Waals surface area contributed by atoms with Crippen molar-refractivity contribution in [2.75, 3.05) is 12.8 Å². The van der Waals surface area contributed by atoms with Crippen molar-refractivity contribution in [1.82, 2.24) is 0 Å². The molecule has 0 bridgehead atoms. The Hall–Kier alpha value is -2.74. The van der Waals surface area contributed by atoms with Gasteiger partial charge in [-0.3, -0.25) is 0 Å². The summed E-state index contributed by atoms with van der Waals surface area (Å²) < 4.78 is 5.60. The van der Waals surface area contributed by atoms with Crippen LogP contribution in [0.3, 0.4) is 0 Å². The zero-order valence-electron chi connectivity index (χ0n) is 13.3. The van der Waals surface area contributed by atoms with Crippen molar-refractivity contribution in [3.05, 3.63) is 95.1 Å². The van der Waals surface area contributed by atoms with Crippen molar-refractivity contribution >= 4 is 5.69 Å². The van der Waals surface area contributed by atoms with Crippen LogP contribution in [0.15, 0.2) is 72.8 Å². The average Bonchev–Trinajstić information content (AvgIpc) is 2.60. The van der Waals surface area contributed by atoms with E-state index in [1.165, 1.54) is 16.7 Å². The number of nitrogens with two attached hydrogens (primary N) is 1. The Morgan fingerprint density at radius 3 is 1.74 bits per heavy atom. The van der Waals surface area contributed by atoms with Gasteiger partial charge in [-0.1, -0.05) is 60.7 Å². The van der Waals surface area contributed by atoms with Crippen LogP contribution in [0.1, 0.15) is 22.3 Å². The SMILES string of the molecule is COc1ccc(N)c(Cc2ccccc2)c1Cc1ccccc1. The van der Waals surface area contributed by atoms with E-state index in [4.69, 9.17) is 10.5 Å². The van der Waals surface area contributed by atoms with Crippen molar-refractivity contribution in [1.29, 1.82) is 0 Å². The minimum absolute atomic E-state index is 0.812. The van der Waals surface area contributed by atoms with Gasteiger partial charge in [-0.05, 0) is 35.2 Å². The topological polar surface area (TPSA) is 35.2 Å². The second-order valence-electron chi connectivity index (χ2n) is 5.64. The number of anilines is 1. The van der Waals surface area contributed by atoms with Gasteiger partial charge in [0.1, 0.15) is 5.75 Å². The molecule has 23 heavy (non-hydrogen) atoms. The molecule has 2 N–H and O–H groups in total. The molecule has 0 aliphatic heterocycles. The van der Waals surface area contributed by atoms with E-state index in [9.17, 15) is 0 Å². The van der Waals surface area contributed by atoms with E-state index in [2.05, 4.69) is 48.5 Å². The Bertz CT molecular complexity index is 767. The molecule has 0 spiro atoms. The van der Waals surface area contributed by atoms with E-state index in [1.807, 2.05) is 24.3 Å². The van der Waals surface area contributed by atoms with Gasteiger partial charge in [-0.2, -0.15) is 0 Å². The van der Waals surface area contributed by atoms with Gasteiger partial charge in [0, 0.05) is 17.7 Å². The summed E-state index contributed by atoms with van der Waals surface area (Å²) in [6.07, 6.45) is 1.63. The molecule has 0 heterocycles. The van der Waals surface area contributed by atoms with Gasteiger partial charge >= 0.3 is 0 Å². The molecular weight excluding hydrogens is 282 g/mol. The standard InChI is InChI=1S/C21H21NO/c1-23-21-13-12-20(22)18(14-16-8-4-2-5-9-16)19(21)15-17-10-6-3-7-11-17/h2-13H,14-15,22H2,1H3. The Balaban J connectivity index is 2.03. The summed E-state index contributed by atoms with van der Waals surface area (Å²) in [4.78, 5) is 0. The van der Waals surface area contributed by atoms with Gasteiger partial charge < -0.3 is 10.5 Å². The van der Waals surface area contributed by atoms with Crippen molar-refractivity contribution < 1.29 is 4.74 Å². The summed E-state index contributed by atoms with van der Waals surface area (Å²) in [7, 11) is 1.71. The molecule has 3 aromatic rings. The summed E-state index contributed by atoms with van der Waals surface area (Å²) in [5, 5.41) is 0. The summed E-state index contributed by atoms with van der Waals surface area (Å²) in [5.41, 5.74) is 11.9. The van der Waals surface area contributed by atoms with Crippen LogP contribution in [0.5, 0.6) is 5.75 Å². The first-order valence-electron chi connectivity index (χ1n) is 7.80. The highest BCUT2D eigenvalue weighted by Crippen LogP contribution is 2.31. The van der Waals surface area contributed by atoms with Crippen LogP contribution in [0.2, 0.25) is 0 Å². The van der Waals surface area contributed by atoms with Crippen molar-refractivity contribution in [2.24, 2.45) is 0 Å². The number of rotatable bonds is 5. The normalized spacial score (nSPS) is 10.5. The number of nitrogen functional groups attached to an aromatic ring is 1. The molecule has 0 aromatic heterocycles. The third kappa shape index (κ3) is 3.54. The molecule has 0 aliphatic carbocycles. The summed E-state index contributed by atoms with van der Waals surface area (Å²) in [5.74, 6) is 0.897. The fourth-order valence-electron chi connectivity index (χ4n) is 2.88. The molecule has 0 aliphatic rings. The minimum Gasteiger partial charge on any atom is -0.496 e. The van der Waals surface area contributed by atoms with Gasteiger partial charge in [0.25, 0.3) is 0 Å². The van der Waals surface area contributed by atoms with Crippen LogP contribution in [0, 0.1) is 0 Å². The zero-order chi connectivity index (χ0) is 16.1. The van der Waals surface area contributed by atoms with Crippen LogP contribution in [0.4, 0.5) is 5.69 Å². The molecule has 0 saturated carbocycles. The van der Waals surface area contributed by atoms with Gasteiger partial charge in [0.05, 0.1) is 7.11 Å². The summed E-state index contributed by atoms with van der Waals surface area (Å²) in [6.45, 7) is 0. The van der Waals surface area contributed by atoms with E-state index >= 15 is 0 Å². The molecule has 2 heteroatoms. The fourth-order valence-corrected chi connectivity index (χ4v) is 2.88. The third-order valence-electron chi connectivity index (χ3n) is 4.09. The van der Waals surface area contributed by atoms with Crippen LogP contribution in [-0.4, -0.2) is 7.11 Å². The van der Waals surface area contributed by atoms with Crippen LogP contribution in [0.25, 0.3) is 0 Å². The molecule has 116 valence electrons. The molecule has 2 nitrogen and oxygen atoms in total. The average molecular weight is 303 g/mol. The molecule has 0 radical (unpaired) electrons. The maximum absolute atomic E-state index is 6.29. The van der Waals surface area contributed by atoms with Gasteiger partial charge in [-0.25, -0.2) is 0 Å². The first-order valence-corrected chi connectivity index (χ1v) is 7.80. The molecule has 0 fully saturated rings. The first-order chi connectivity index (χ1) is 11.3. The second kappa shape index (κ2) is 7.01. The third-order valence-corrected chi connectivity index (χ3v) is 4.09. The summed E-state index contributed by atoms with van der Waals surface area (Å²) in [6, 6.07) is 24.7. The quantitative estimate of drug-likeness (QED) is 0.706. The van der Waals surface area contributed by atoms with Crippen molar-refractivity contribution in [2.45, 2.75) is 12.8 Å².